The van der Waals surface area contributed by atoms with Crippen LogP contribution in [0.2, 0.25) is 0 Å². The number of carbonyl (C=O) groups is 1. The van der Waals surface area contributed by atoms with Gasteiger partial charge >= 0.3 is 5.97 Å². The van der Waals surface area contributed by atoms with E-state index in [-0.39, 0.29) is 5.57 Å². The van der Waals surface area contributed by atoms with Gasteiger partial charge in [0.25, 0.3) is 0 Å². The van der Waals surface area contributed by atoms with E-state index in [1.54, 1.807) is 12.1 Å². The molecule has 0 amide bonds. The Morgan fingerprint density at radius 3 is 2.44 bits per heavy atom. The summed E-state index contributed by atoms with van der Waals surface area (Å²) >= 11 is 0. The van der Waals surface area contributed by atoms with Crippen molar-refractivity contribution < 1.29 is 9.53 Å². The Bertz CT molecular complexity index is 371. The van der Waals surface area contributed by atoms with Crippen molar-refractivity contribution in [1.82, 2.24) is 4.90 Å². The van der Waals surface area contributed by atoms with E-state index >= 15 is 0 Å². The molecule has 0 rings (SSSR count). The molecule has 0 saturated heterocycles. The topological polar surface area (TPSA) is 53.3 Å². The van der Waals surface area contributed by atoms with Gasteiger partial charge in [-0.25, -0.2) is 4.79 Å². The summed E-state index contributed by atoms with van der Waals surface area (Å²) in [5.74, 6) is -0.622. The van der Waals surface area contributed by atoms with Crippen LogP contribution in [0.5, 0.6) is 0 Å². The van der Waals surface area contributed by atoms with Crippen LogP contribution in [0.1, 0.15) is 6.92 Å². The van der Waals surface area contributed by atoms with Crippen molar-refractivity contribution in [1.29, 1.82) is 5.26 Å². The van der Waals surface area contributed by atoms with Crippen LogP contribution in [0.4, 0.5) is 0 Å². The molecule has 0 aliphatic carbocycles. The Morgan fingerprint density at radius 1 is 1.38 bits per heavy atom. The summed E-state index contributed by atoms with van der Waals surface area (Å²) in [4.78, 5) is 12.9. The average molecular weight is 220 g/mol. The zero-order valence-corrected chi connectivity index (χ0v) is 10.0. The van der Waals surface area contributed by atoms with E-state index < -0.39 is 5.97 Å². The lowest BCUT2D eigenvalue weighted by molar-refractivity contribution is -0.135. The summed E-state index contributed by atoms with van der Waals surface area (Å²) in [6.45, 7) is 1.88. The van der Waals surface area contributed by atoms with Crippen molar-refractivity contribution >= 4 is 5.97 Å². The van der Waals surface area contributed by atoms with Gasteiger partial charge in [-0.05, 0) is 30.8 Å². The molecule has 0 aromatic heterocycles. The fraction of sp³-hybridized carbons (Fsp3) is 0.333. The van der Waals surface area contributed by atoms with E-state index in [1.165, 1.54) is 13.2 Å². The average Bonchev–Trinajstić information content (AvgIpc) is 2.26. The lowest BCUT2D eigenvalue weighted by atomic mass is 10.2. The van der Waals surface area contributed by atoms with Crippen LogP contribution < -0.4 is 0 Å². The predicted octanol–water partition coefficient (Wildman–Crippen LogP) is 1.63. The maximum absolute atomic E-state index is 11.1. The van der Waals surface area contributed by atoms with Crippen molar-refractivity contribution in [2.45, 2.75) is 6.92 Å². The molecule has 4 nitrogen and oxygen atoms in total. The van der Waals surface area contributed by atoms with E-state index in [0.717, 1.165) is 5.57 Å². The van der Waals surface area contributed by atoms with Crippen LogP contribution in [0.15, 0.2) is 35.6 Å². The first-order valence-electron chi connectivity index (χ1n) is 4.73. The number of nitrogens with zero attached hydrogens (tertiary/aromatic N) is 2. The Hall–Kier alpha value is -2.02. The Labute approximate surface area is 96.1 Å². The molecule has 86 valence electrons. The molecule has 0 N–H and O–H groups in total. The number of rotatable bonds is 4. The van der Waals surface area contributed by atoms with E-state index in [0.29, 0.717) is 0 Å². The molecule has 0 atom stereocenters. The number of nitriles is 1. The fourth-order valence-electron chi connectivity index (χ4n) is 0.798. The van der Waals surface area contributed by atoms with E-state index in [1.807, 2.05) is 38.2 Å². The second-order valence-electron chi connectivity index (χ2n) is 3.37. The van der Waals surface area contributed by atoms with E-state index in [4.69, 9.17) is 5.26 Å². The molecule has 0 aliphatic heterocycles. The highest BCUT2D eigenvalue weighted by molar-refractivity contribution is 5.92. The molecule has 16 heavy (non-hydrogen) atoms. The lowest BCUT2D eigenvalue weighted by Gasteiger charge is -2.02. The highest BCUT2D eigenvalue weighted by Gasteiger charge is 2.05. The minimum atomic E-state index is -0.622. The minimum Gasteiger partial charge on any atom is -0.465 e. The SMILES string of the molecule is COC(=O)C(C#N)=CC=C(C)C=CN(C)C. The van der Waals surface area contributed by atoms with Crippen LogP contribution in [0.3, 0.4) is 0 Å². The summed E-state index contributed by atoms with van der Waals surface area (Å²) in [6.07, 6.45) is 6.89. The van der Waals surface area contributed by atoms with Gasteiger partial charge in [0.1, 0.15) is 11.6 Å². The van der Waals surface area contributed by atoms with Gasteiger partial charge in [0, 0.05) is 14.1 Å². The van der Waals surface area contributed by atoms with Crippen LogP contribution in [-0.2, 0) is 9.53 Å². The summed E-state index contributed by atoms with van der Waals surface area (Å²) in [5.41, 5.74) is 0.922. The summed E-state index contributed by atoms with van der Waals surface area (Å²) < 4.78 is 4.45. The maximum Gasteiger partial charge on any atom is 0.348 e. The monoisotopic (exact) mass is 220 g/mol. The Morgan fingerprint density at radius 2 is 2.00 bits per heavy atom. The molecule has 0 aromatic carbocycles. The number of carbonyl (C=O) groups excluding carboxylic acids is 1. The number of hydrogen-bond donors (Lipinski definition) is 0. The van der Waals surface area contributed by atoms with Crippen LogP contribution >= 0.6 is 0 Å². The minimum absolute atomic E-state index is 0.0138. The standard InChI is InChI=1S/C12H16N2O2/c1-10(7-8-14(2)3)5-6-11(9-13)12(15)16-4/h5-8H,1-4H3. The first kappa shape index (κ1) is 14.0. The lowest BCUT2D eigenvalue weighted by Crippen LogP contribution is -2.02. The third-order valence-corrected chi connectivity index (χ3v) is 1.67. The summed E-state index contributed by atoms with van der Waals surface area (Å²) in [6, 6.07) is 1.78. The quantitative estimate of drug-likeness (QED) is 0.313. The molecule has 0 aliphatic rings. The van der Waals surface area contributed by atoms with Crippen LogP contribution in [0.25, 0.3) is 0 Å². The molecular formula is C12H16N2O2. The van der Waals surface area contributed by atoms with Gasteiger partial charge in [-0.3, -0.25) is 0 Å². The van der Waals surface area contributed by atoms with Gasteiger partial charge in [-0.2, -0.15) is 5.26 Å². The molecular weight excluding hydrogens is 204 g/mol. The van der Waals surface area contributed by atoms with Crippen molar-refractivity contribution in [2.24, 2.45) is 0 Å². The Balaban J connectivity index is 4.71. The molecule has 0 bridgehead atoms. The predicted molar refractivity (Wildman–Crippen MR) is 62.3 cm³/mol. The largest absolute Gasteiger partial charge is 0.465 e. The zero-order chi connectivity index (χ0) is 12.6. The number of hydrogen-bond acceptors (Lipinski definition) is 4. The first-order chi connectivity index (χ1) is 7.51. The van der Waals surface area contributed by atoms with Crippen LogP contribution in [0, 0.1) is 11.3 Å². The molecule has 0 aromatic rings. The molecule has 0 heterocycles. The van der Waals surface area contributed by atoms with Gasteiger partial charge in [0.05, 0.1) is 7.11 Å². The van der Waals surface area contributed by atoms with Gasteiger partial charge < -0.3 is 9.64 Å². The fourth-order valence-corrected chi connectivity index (χ4v) is 0.798. The third kappa shape index (κ3) is 5.66. The normalized spacial score (nSPS) is 12.4. The van der Waals surface area contributed by atoms with E-state index in [2.05, 4.69) is 4.74 Å². The number of esters is 1. The second-order valence-corrected chi connectivity index (χ2v) is 3.37. The number of ether oxygens (including phenoxy) is 1. The summed E-state index contributed by atoms with van der Waals surface area (Å²) in [7, 11) is 5.07. The van der Waals surface area contributed by atoms with Crippen molar-refractivity contribution in [2.75, 3.05) is 21.2 Å². The third-order valence-electron chi connectivity index (χ3n) is 1.67. The molecule has 0 radical (unpaired) electrons. The number of methoxy groups -OCH3 is 1. The van der Waals surface area contributed by atoms with E-state index in [9.17, 15) is 4.79 Å². The first-order valence-corrected chi connectivity index (χ1v) is 4.73. The molecule has 0 spiro atoms. The van der Waals surface area contributed by atoms with Crippen LogP contribution in [-0.4, -0.2) is 32.1 Å². The zero-order valence-electron chi connectivity index (χ0n) is 10.0. The van der Waals surface area contributed by atoms with Gasteiger partial charge in [-0.1, -0.05) is 6.08 Å². The molecule has 0 unspecified atom stereocenters. The van der Waals surface area contributed by atoms with Crippen molar-refractivity contribution in [3.8, 4) is 6.07 Å². The highest BCUT2D eigenvalue weighted by atomic mass is 16.5. The Kier molecular flexibility index (Phi) is 6.37. The maximum atomic E-state index is 11.1. The molecule has 4 heteroatoms. The highest BCUT2D eigenvalue weighted by Crippen LogP contribution is 2.01. The second kappa shape index (κ2) is 7.30. The van der Waals surface area contributed by atoms with Gasteiger partial charge in [0.2, 0.25) is 0 Å². The number of allylic oxidation sites excluding steroid dienone is 4. The summed E-state index contributed by atoms with van der Waals surface area (Å²) in [5, 5.41) is 8.68. The van der Waals surface area contributed by atoms with Gasteiger partial charge in [-0.15, -0.1) is 0 Å². The van der Waals surface area contributed by atoms with Crippen molar-refractivity contribution in [3.05, 3.63) is 35.6 Å². The smallest absolute Gasteiger partial charge is 0.348 e. The van der Waals surface area contributed by atoms with Gasteiger partial charge in [0.15, 0.2) is 0 Å². The van der Waals surface area contributed by atoms with Crippen molar-refractivity contribution in [3.63, 3.8) is 0 Å². The molecule has 0 fully saturated rings. The molecule has 0 saturated carbocycles.